The molecule has 0 spiro atoms. The Balaban J connectivity index is 1.66. The van der Waals surface area contributed by atoms with Crippen molar-refractivity contribution in [2.24, 2.45) is 34.5 Å². The summed E-state index contributed by atoms with van der Waals surface area (Å²) in [7, 11) is 0. The summed E-state index contributed by atoms with van der Waals surface area (Å²) in [6.45, 7) is 4.24. The van der Waals surface area contributed by atoms with Crippen LogP contribution >= 0.6 is 0 Å². The summed E-state index contributed by atoms with van der Waals surface area (Å²) in [6.07, 6.45) is 5.32. The van der Waals surface area contributed by atoms with Gasteiger partial charge in [0.15, 0.2) is 0 Å². The number of hydrogen-bond acceptors (Lipinski definition) is 2. The molecule has 4 rings (SSSR count). The van der Waals surface area contributed by atoms with Crippen molar-refractivity contribution in [3.8, 4) is 0 Å². The number of carbonyl (C=O) groups is 1. The smallest absolute Gasteiger partial charge is 0.305 e. The highest BCUT2D eigenvalue weighted by atomic mass is 19.3. The molecule has 7 atom stereocenters. The molecule has 0 aromatic heterocycles. The molecule has 4 aliphatic carbocycles. The van der Waals surface area contributed by atoms with Crippen LogP contribution in [0.25, 0.3) is 0 Å². The molecule has 4 aliphatic rings. The second-order valence-corrected chi connectivity index (χ2v) is 9.30. The molecule has 7 unspecified atom stereocenters. The molecular weight excluding hydrogens is 298 g/mol. The molecule has 0 bridgehead atoms. The van der Waals surface area contributed by atoms with E-state index < -0.39 is 17.1 Å². The molecule has 0 amide bonds. The first-order valence-corrected chi connectivity index (χ1v) is 9.28. The van der Waals surface area contributed by atoms with Gasteiger partial charge in [-0.1, -0.05) is 13.8 Å². The van der Waals surface area contributed by atoms with Gasteiger partial charge in [0.2, 0.25) is 5.78 Å². The Morgan fingerprint density at radius 3 is 2.43 bits per heavy atom. The molecule has 2 nitrogen and oxygen atoms in total. The first kappa shape index (κ1) is 16.0. The van der Waals surface area contributed by atoms with Gasteiger partial charge in [-0.15, -0.1) is 0 Å². The number of Topliss-reactive ketones (excluding diaryl/α,β-unsaturated/α-hetero) is 1. The molecule has 0 radical (unpaired) electrons. The minimum Gasteiger partial charge on any atom is -0.393 e. The van der Waals surface area contributed by atoms with E-state index >= 15 is 0 Å². The topological polar surface area (TPSA) is 37.3 Å². The highest BCUT2D eigenvalue weighted by molar-refractivity contribution is 5.86. The van der Waals surface area contributed by atoms with Crippen LogP contribution in [-0.2, 0) is 4.79 Å². The van der Waals surface area contributed by atoms with Gasteiger partial charge >= 0.3 is 5.92 Å². The van der Waals surface area contributed by atoms with E-state index in [0.29, 0.717) is 17.8 Å². The average molecular weight is 326 g/mol. The predicted molar refractivity (Wildman–Crippen MR) is 83.1 cm³/mol. The number of carbonyl (C=O) groups excluding carboxylic acids is 1. The molecule has 0 aromatic carbocycles. The maximum atomic E-state index is 14.2. The number of alkyl halides is 2. The lowest BCUT2D eigenvalue weighted by molar-refractivity contribution is -0.184. The van der Waals surface area contributed by atoms with E-state index in [-0.39, 0.29) is 30.3 Å². The van der Waals surface area contributed by atoms with Crippen molar-refractivity contribution in [2.45, 2.75) is 77.2 Å². The van der Waals surface area contributed by atoms with E-state index in [1.54, 1.807) is 0 Å². The molecule has 0 heterocycles. The van der Waals surface area contributed by atoms with E-state index in [2.05, 4.69) is 6.92 Å². The number of aliphatic hydroxyl groups excluding tert-OH is 1. The van der Waals surface area contributed by atoms with E-state index in [0.717, 1.165) is 38.5 Å². The van der Waals surface area contributed by atoms with Crippen molar-refractivity contribution in [1.82, 2.24) is 0 Å². The van der Waals surface area contributed by atoms with Gasteiger partial charge in [-0.2, -0.15) is 8.78 Å². The van der Waals surface area contributed by atoms with Crippen LogP contribution in [0, 0.1) is 34.5 Å². The Labute approximate surface area is 137 Å². The quantitative estimate of drug-likeness (QED) is 0.724. The molecule has 4 saturated carbocycles. The van der Waals surface area contributed by atoms with Crippen molar-refractivity contribution in [2.75, 3.05) is 0 Å². The second-order valence-electron chi connectivity index (χ2n) is 9.30. The SMILES string of the molecule is CC12CCC3C(CCC4CC(=O)C(F)(F)CC43C)C1CCC2O. The number of rotatable bonds is 0. The zero-order valence-electron chi connectivity index (χ0n) is 14.2. The third-order valence-corrected chi connectivity index (χ3v) is 8.46. The molecule has 130 valence electrons. The lowest BCUT2D eigenvalue weighted by Crippen LogP contribution is -2.57. The number of ketones is 1. The number of fused-ring (bicyclic) bond motifs is 5. The lowest BCUT2D eigenvalue weighted by Gasteiger charge is -2.60. The van der Waals surface area contributed by atoms with Crippen LogP contribution < -0.4 is 0 Å². The molecule has 0 aromatic rings. The third kappa shape index (κ3) is 2.03. The van der Waals surface area contributed by atoms with E-state index in [1.165, 1.54) is 0 Å². The predicted octanol–water partition coefficient (Wildman–Crippen LogP) is 4.20. The van der Waals surface area contributed by atoms with Crippen LogP contribution in [0.1, 0.15) is 65.2 Å². The summed E-state index contributed by atoms with van der Waals surface area (Å²) in [5, 5.41) is 10.4. The van der Waals surface area contributed by atoms with E-state index in [9.17, 15) is 18.7 Å². The summed E-state index contributed by atoms with van der Waals surface area (Å²) in [5.74, 6) is -2.62. The molecule has 4 fully saturated rings. The first-order valence-electron chi connectivity index (χ1n) is 9.28. The zero-order chi connectivity index (χ0) is 16.6. The molecular formula is C19H28F2O2. The molecule has 23 heavy (non-hydrogen) atoms. The maximum Gasteiger partial charge on any atom is 0.305 e. The van der Waals surface area contributed by atoms with Crippen molar-refractivity contribution >= 4 is 5.78 Å². The summed E-state index contributed by atoms with van der Waals surface area (Å²) >= 11 is 0. The first-order chi connectivity index (χ1) is 10.7. The monoisotopic (exact) mass is 326 g/mol. The van der Waals surface area contributed by atoms with Crippen LogP contribution in [0.5, 0.6) is 0 Å². The van der Waals surface area contributed by atoms with Gasteiger partial charge in [-0.3, -0.25) is 4.79 Å². The van der Waals surface area contributed by atoms with Gasteiger partial charge < -0.3 is 5.11 Å². The number of hydrogen-bond donors (Lipinski definition) is 1. The van der Waals surface area contributed by atoms with Crippen molar-refractivity contribution in [3.05, 3.63) is 0 Å². The second kappa shape index (κ2) is 4.77. The Morgan fingerprint density at radius 2 is 1.70 bits per heavy atom. The average Bonchev–Trinajstić information content (AvgIpc) is 2.76. The summed E-state index contributed by atoms with van der Waals surface area (Å²) in [4.78, 5) is 11.8. The fraction of sp³-hybridized carbons (Fsp3) is 0.947. The van der Waals surface area contributed by atoms with E-state index in [1.807, 2.05) is 6.92 Å². The minimum absolute atomic E-state index is 0.0165. The van der Waals surface area contributed by atoms with Crippen LogP contribution in [0.15, 0.2) is 0 Å². The zero-order valence-corrected chi connectivity index (χ0v) is 14.2. The van der Waals surface area contributed by atoms with Gasteiger partial charge in [0.05, 0.1) is 6.10 Å². The third-order valence-electron chi connectivity index (χ3n) is 8.46. The van der Waals surface area contributed by atoms with Gasteiger partial charge in [-0.05, 0) is 73.0 Å². The Kier molecular flexibility index (Phi) is 3.32. The summed E-state index contributed by atoms with van der Waals surface area (Å²) in [6, 6.07) is 0. The number of halogens is 2. The van der Waals surface area contributed by atoms with Crippen molar-refractivity contribution in [1.29, 1.82) is 0 Å². The van der Waals surface area contributed by atoms with Gasteiger partial charge in [-0.25, -0.2) is 0 Å². The fourth-order valence-corrected chi connectivity index (χ4v) is 7.07. The lowest BCUT2D eigenvalue weighted by atomic mass is 9.45. The molecule has 0 aliphatic heterocycles. The van der Waals surface area contributed by atoms with Crippen LogP contribution in [0.3, 0.4) is 0 Å². The molecule has 4 heteroatoms. The van der Waals surface area contributed by atoms with Crippen molar-refractivity contribution in [3.63, 3.8) is 0 Å². The van der Waals surface area contributed by atoms with Crippen LogP contribution in [0.2, 0.25) is 0 Å². The van der Waals surface area contributed by atoms with Gasteiger partial charge in [0, 0.05) is 12.8 Å². The Morgan fingerprint density at radius 1 is 1.00 bits per heavy atom. The van der Waals surface area contributed by atoms with Crippen LogP contribution in [0.4, 0.5) is 8.78 Å². The highest BCUT2D eigenvalue weighted by Crippen LogP contribution is 2.67. The van der Waals surface area contributed by atoms with E-state index in [4.69, 9.17) is 0 Å². The highest BCUT2D eigenvalue weighted by Gasteiger charge is 2.64. The molecule has 0 saturated heterocycles. The van der Waals surface area contributed by atoms with Gasteiger partial charge in [0.25, 0.3) is 0 Å². The Bertz CT molecular complexity index is 533. The molecule has 1 N–H and O–H groups in total. The minimum atomic E-state index is -3.14. The van der Waals surface area contributed by atoms with Crippen molar-refractivity contribution < 1.29 is 18.7 Å². The maximum absolute atomic E-state index is 14.2. The largest absolute Gasteiger partial charge is 0.393 e. The van der Waals surface area contributed by atoms with Gasteiger partial charge in [0.1, 0.15) is 0 Å². The summed E-state index contributed by atoms with van der Waals surface area (Å²) < 4.78 is 28.4. The number of aliphatic hydroxyl groups is 1. The normalized spacial score (nSPS) is 55.0. The standard InChI is InChI=1S/C19H28F2O2/c1-17-8-7-14-12(13(17)5-6-15(17)22)4-3-11-9-16(23)19(20,21)10-18(11,14)2/h11-15,22H,3-10H2,1-2H3. The Hall–Kier alpha value is -0.510. The van der Waals surface area contributed by atoms with Crippen LogP contribution in [-0.4, -0.2) is 22.9 Å². The fourth-order valence-electron chi connectivity index (χ4n) is 7.07. The summed E-state index contributed by atoms with van der Waals surface area (Å²) in [5.41, 5.74) is -0.424.